The number of benzene rings is 1. The van der Waals surface area contributed by atoms with Crippen molar-refractivity contribution in [3.05, 3.63) is 29.8 Å². The molecule has 0 aliphatic carbocycles. The minimum Gasteiger partial charge on any atom is -0.317 e. The molecular formula is C14H21NS. The number of fused-ring (bicyclic) bond motifs is 1. The topological polar surface area (TPSA) is 12.0 Å². The first-order valence-electron chi connectivity index (χ1n) is 6.12. The Morgan fingerprint density at radius 3 is 2.81 bits per heavy atom. The highest BCUT2D eigenvalue weighted by atomic mass is 32.2. The third-order valence-corrected chi connectivity index (χ3v) is 5.00. The summed E-state index contributed by atoms with van der Waals surface area (Å²) in [6.45, 7) is 4.63. The lowest BCUT2D eigenvalue weighted by Gasteiger charge is -2.21. The molecule has 1 heterocycles. The molecule has 0 aromatic heterocycles. The third-order valence-electron chi connectivity index (χ3n) is 3.66. The average Bonchev–Trinajstić information content (AvgIpc) is 2.69. The summed E-state index contributed by atoms with van der Waals surface area (Å²) in [6, 6.07) is 9.44. The van der Waals surface area contributed by atoms with Crippen LogP contribution in [-0.4, -0.2) is 18.3 Å². The fourth-order valence-electron chi connectivity index (χ4n) is 2.29. The van der Waals surface area contributed by atoms with Crippen LogP contribution < -0.4 is 5.32 Å². The van der Waals surface area contributed by atoms with Gasteiger partial charge < -0.3 is 5.32 Å². The Balaban J connectivity index is 1.92. The van der Waals surface area contributed by atoms with Crippen LogP contribution in [0.4, 0.5) is 0 Å². The lowest BCUT2D eigenvalue weighted by atomic mass is 9.95. The van der Waals surface area contributed by atoms with Gasteiger partial charge in [0.15, 0.2) is 0 Å². The third kappa shape index (κ3) is 2.61. The van der Waals surface area contributed by atoms with Crippen LogP contribution in [0.15, 0.2) is 29.2 Å². The number of thioether (sulfide) groups is 1. The molecule has 0 saturated carbocycles. The maximum absolute atomic E-state index is 3.35. The van der Waals surface area contributed by atoms with Crippen molar-refractivity contribution in [2.45, 2.75) is 42.9 Å². The Hall–Kier alpha value is -0.470. The number of nitrogens with one attached hydrogen (secondary N) is 1. The van der Waals surface area contributed by atoms with E-state index in [9.17, 15) is 0 Å². The molecule has 0 bridgehead atoms. The minimum absolute atomic E-state index is 0.615. The van der Waals surface area contributed by atoms with Gasteiger partial charge in [0.05, 0.1) is 0 Å². The molecule has 0 fully saturated rings. The molecule has 0 amide bonds. The molecule has 1 N–H and O–H groups in total. The van der Waals surface area contributed by atoms with E-state index < -0.39 is 0 Å². The van der Waals surface area contributed by atoms with Gasteiger partial charge in [0.1, 0.15) is 0 Å². The van der Waals surface area contributed by atoms with Crippen molar-refractivity contribution in [1.29, 1.82) is 0 Å². The highest BCUT2D eigenvalue weighted by Gasteiger charge is 2.24. The van der Waals surface area contributed by atoms with Gasteiger partial charge in [-0.3, -0.25) is 0 Å². The van der Waals surface area contributed by atoms with Gasteiger partial charge >= 0.3 is 0 Å². The Morgan fingerprint density at radius 2 is 2.12 bits per heavy atom. The van der Waals surface area contributed by atoms with E-state index >= 15 is 0 Å². The molecule has 3 atom stereocenters. The van der Waals surface area contributed by atoms with Gasteiger partial charge in [0.25, 0.3) is 0 Å². The van der Waals surface area contributed by atoms with Crippen LogP contribution in [0.2, 0.25) is 0 Å². The molecule has 3 unspecified atom stereocenters. The predicted octanol–water partition coefficient (Wildman–Crippen LogP) is 3.34. The summed E-state index contributed by atoms with van der Waals surface area (Å²) in [5.74, 6) is 0.747. The minimum atomic E-state index is 0.615. The molecule has 1 aliphatic heterocycles. The van der Waals surface area contributed by atoms with E-state index in [-0.39, 0.29) is 0 Å². The van der Waals surface area contributed by atoms with Gasteiger partial charge in [-0.25, -0.2) is 0 Å². The van der Waals surface area contributed by atoms with Crippen LogP contribution in [0.25, 0.3) is 0 Å². The van der Waals surface area contributed by atoms with E-state index in [0.29, 0.717) is 6.04 Å². The molecule has 1 aliphatic rings. The lowest BCUT2D eigenvalue weighted by Crippen LogP contribution is -2.30. The molecular weight excluding hydrogens is 214 g/mol. The van der Waals surface area contributed by atoms with Crippen molar-refractivity contribution in [2.24, 2.45) is 5.92 Å². The summed E-state index contributed by atoms with van der Waals surface area (Å²) in [5.41, 5.74) is 1.54. The van der Waals surface area contributed by atoms with Crippen molar-refractivity contribution in [3.63, 3.8) is 0 Å². The SMILES string of the molecule is CNC(C)C(C)CC1Cc2ccccc2S1. The van der Waals surface area contributed by atoms with Crippen LogP contribution in [0.1, 0.15) is 25.8 Å². The number of rotatable bonds is 4. The highest BCUT2D eigenvalue weighted by Crippen LogP contribution is 2.39. The maximum Gasteiger partial charge on any atom is 0.0138 e. The van der Waals surface area contributed by atoms with Gasteiger partial charge in [-0.2, -0.15) is 0 Å². The van der Waals surface area contributed by atoms with Crippen molar-refractivity contribution in [1.82, 2.24) is 5.32 Å². The van der Waals surface area contributed by atoms with E-state index in [0.717, 1.165) is 11.2 Å². The average molecular weight is 235 g/mol. The normalized spacial score (nSPS) is 22.8. The summed E-state index contributed by atoms with van der Waals surface area (Å²) >= 11 is 2.06. The predicted molar refractivity (Wildman–Crippen MR) is 72.1 cm³/mol. The van der Waals surface area contributed by atoms with Gasteiger partial charge in [-0.05, 0) is 44.4 Å². The summed E-state index contributed by atoms with van der Waals surface area (Å²) in [6.07, 6.45) is 2.56. The molecule has 0 saturated heterocycles. The van der Waals surface area contributed by atoms with E-state index in [4.69, 9.17) is 0 Å². The fourth-order valence-corrected chi connectivity index (χ4v) is 3.77. The first-order chi connectivity index (χ1) is 7.70. The van der Waals surface area contributed by atoms with E-state index in [1.54, 1.807) is 5.56 Å². The molecule has 1 aromatic carbocycles. The molecule has 2 heteroatoms. The second-order valence-electron chi connectivity index (χ2n) is 4.84. The van der Waals surface area contributed by atoms with Gasteiger partial charge in [0.2, 0.25) is 0 Å². The van der Waals surface area contributed by atoms with E-state index in [2.05, 4.69) is 62.2 Å². The van der Waals surface area contributed by atoms with Crippen molar-refractivity contribution < 1.29 is 0 Å². The smallest absolute Gasteiger partial charge is 0.0138 e. The summed E-state index contributed by atoms with van der Waals surface area (Å²) < 4.78 is 0. The largest absolute Gasteiger partial charge is 0.317 e. The Bertz CT molecular complexity index is 325. The van der Waals surface area contributed by atoms with Crippen LogP contribution >= 0.6 is 11.8 Å². The van der Waals surface area contributed by atoms with Crippen molar-refractivity contribution >= 4 is 11.8 Å². The van der Waals surface area contributed by atoms with Crippen LogP contribution in [0, 0.1) is 5.92 Å². The van der Waals surface area contributed by atoms with Gasteiger partial charge in [0, 0.05) is 16.2 Å². The Morgan fingerprint density at radius 1 is 1.38 bits per heavy atom. The van der Waals surface area contributed by atoms with Crippen LogP contribution in [0.5, 0.6) is 0 Å². The van der Waals surface area contributed by atoms with E-state index in [1.807, 2.05) is 0 Å². The zero-order valence-corrected chi connectivity index (χ0v) is 11.2. The van der Waals surface area contributed by atoms with Crippen molar-refractivity contribution in [3.8, 4) is 0 Å². The van der Waals surface area contributed by atoms with Crippen LogP contribution in [0.3, 0.4) is 0 Å². The monoisotopic (exact) mass is 235 g/mol. The second-order valence-corrected chi connectivity index (χ2v) is 6.18. The molecule has 0 radical (unpaired) electrons. The van der Waals surface area contributed by atoms with Gasteiger partial charge in [-0.1, -0.05) is 25.1 Å². The molecule has 2 rings (SSSR count). The molecule has 1 aromatic rings. The van der Waals surface area contributed by atoms with Gasteiger partial charge in [-0.15, -0.1) is 11.8 Å². The summed E-state index contributed by atoms with van der Waals surface area (Å²) in [5, 5.41) is 4.13. The summed E-state index contributed by atoms with van der Waals surface area (Å²) in [7, 11) is 2.05. The lowest BCUT2D eigenvalue weighted by molar-refractivity contribution is 0.397. The molecule has 16 heavy (non-hydrogen) atoms. The highest BCUT2D eigenvalue weighted by molar-refractivity contribution is 8.00. The molecule has 88 valence electrons. The number of hydrogen-bond donors (Lipinski definition) is 1. The zero-order chi connectivity index (χ0) is 11.5. The first-order valence-corrected chi connectivity index (χ1v) is 7.00. The maximum atomic E-state index is 3.35. The van der Waals surface area contributed by atoms with Crippen molar-refractivity contribution in [2.75, 3.05) is 7.05 Å². The van der Waals surface area contributed by atoms with E-state index in [1.165, 1.54) is 17.7 Å². The zero-order valence-electron chi connectivity index (χ0n) is 10.4. The van der Waals surface area contributed by atoms with Crippen LogP contribution in [-0.2, 0) is 6.42 Å². The summed E-state index contributed by atoms with van der Waals surface area (Å²) in [4.78, 5) is 1.50. The standard InChI is InChI=1S/C14H21NS/c1-10(11(2)15-3)8-13-9-12-6-4-5-7-14(12)16-13/h4-7,10-11,13,15H,8-9H2,1-3H3. The number of hydrogen-bond acceptors (Lipinski definition) is 2. The fraction of sp³-hybridized carbons (Fsp3) is 0.571. The molecule has 1 nitrogen and oxygen atoms in total. The Labute approximate surface area is 103 Å². The first kappa shape index (κ1) is 12.0. The second kappa shape index (κ2) is 5.24. The Kier molecular flexibility index (Phi) is 3.93. The quantitative estimate of drug-likeness (QED) is 0.859. The molecule has 0 spiro atoms.